The van der Waals surface area contributed by atoms with Gasteiger partial charge < -0.3 is 0 Å². The van der Waals surface area contributed by atoms with Crippen LogP contribution < -0.4 is 5.32 Å². The van der Waals surface area contributed by atoms with Gasteiger partial charge in [0.15, 0.2) is 5.78 Å². The first-order valence-electron chi connectivity index (χ1n) is 8.41. The molecule has 0 amide bonds. The molecule has 1 aliphatic carbocycles. The molecule has 4 rings (SSSR count). The van der Waals surface area contributed by atoms with Crippen LogP contribution in [0.3, 0.4) is 0 Å². The highest BCUT2D eigenvalue weighted by atomic mass is 16.1. The lowest BCUT2D eigenvalue weighted by Crippen LogP contribution is -2.20. The van der Waals surface area contributed by atoms with Crippen molar-refractivity contribution >= 4 is 28.6 Å². The second-order valence-electron chi connectivity index (χ2n) is 6.72. The van der Waals surface area contributed by atoms with E-state index < -0.39 is 0 Å². The molecular weight excluding hydrogens is 314 g/mol. The zero-order chi connectivity index (χ0) is 17.6. The maximum absolute atomic E-state index is 12.1. The van der Waals surface area contributed by atoms with Gasteiger partial charge in [-0.25, -0.2) is 19.9 Å². The molecule has 0 spiro atoms. The zero-order valence-corrected chi connectivity index (χ0v) is 14.5. The Hall–Kier alpha value is -2.89. The number of fused-ring (bicyclic) bond motifs is 2. The Morgan fingerprint density at radius 3 is 2.76 bits per heavy atom. The second-order valence-corrected chi connectivity index (χ2v) is 6.72. The van der Waals surface area contributed by atoms with E-state index in [1.807, 2.05) is 32.0 Å². The Bertz CT molecular complexity index is 999. The lowest BCUT2D eigenvalue weighted by Gasteiger charge is -2.19. The lowest BCUT2D eigenvalue weighted by atomic mass is 9.88. The van der Waals surface area contributed by atoms with Crippen LogP contribution in [0.4, 0.5) is 11.9 Å². The van der Waals surface area contributed by atoms with Crippen molar-refractivity contribution in [1.29, 1.82) is 0 Å². The van der Waals surface area contributed by atoms with Gasteiger partial charge in [-0.1, -0.05) is 25.1 Å². The molecule has 6 heteroatoms. The van der Waals surface area contributed by atoms with Crippen molar-refractivity contribution in [3.8, 4) is 0 Å². The van der Waals surface area contributed by atoms with E-state index in [9.17, 15) is 4.79 Å². The number of hydrogen-bond donors (Lipinski definition) is 1. The van der Waals surface area contributed by atoms with Gasteiger partial charge in [-0.15, -0.1) is 0 Å². The van der Waals surface area contributed by atoms with E-state index in [0.29, 0.717) is 29.8 Å². The van der Waals surface area contributed by atoms with Crippen molar-refractivity contribution in [2.75, 3.05) is 5.32 Å². The second kappa shape index (κ2) is 5.88. The highest BCUT2D eigenvalue weighted by molar-refractivity contribution is 5.98. The lowest BCUT2D eigenvalue weighted by molar-refractivity contribution is 0.0951. The van der Waals surface area contributed by atoms with Gasteiger partial charge in [-0.2, -0.15) is 0 Å². The van der Waals surface area contributed by atoms with E-state index in [-0.39, 0.29) is 5.78 Å². The van der Waals surface area contributed by atoms with Crippen LogP contribution in [0.1, 0.15) is 40.7 Å². The first kappa shape index (κ1) is 15.6. The molecule has 0 radical (unpaired) electrons. The number of benzene rings is 1. The number of hydrogen-bond acceptors (Lipinski definition) is 6. The average molecular weight is 333 g/mol. The fourth-order valence-electron chi connectivity index (χ4n) is 3.30. The van der Waals surface area contributed by atoms with Gasteiger partial charge in [0.2, 0.25) is 11.9 Å². The molecule has 0 bridgehead atoms. The van der Waals surface area contributed by atoms with Crippen LogP contribution in [-0.4, -0.2) is 25.7 Å². The predicted octanol–water partition coefficient (Wildman–Crippen LogP) is 3.55. The molecule has 0 aliphatic heterocycles. The zero-order valence-electron chi connectivity index (χ0n) is 14.5. The molecule has 0 saturated carbocycles. The molecule has 1 atom stereocenters. The number of ketones is 1. The molecule has 1 aliphatic rings. The number of nitrogens with zero attached hydrogens (tertiary/aromatic N) is 4. The molecule has 0 saturated heterocycles. The molecule has 6 nitrogen and oxygen atoms in total. The van der Waals surface area contributed by atoms with E-state index >= 15 is 0 Å². The number of aryl methyl sites for hydroxylation is 2. The largest absolute Gasteiger partial charge is 0.294 e. The first-order chi connectivity index (χ1) is 12.0. The van der Waals surface area contributed by atoms with Crippen LogP contribution in [0.5, 0.6) is 0 Å². The van der Waals surface area contributed by atoms with Gasteiger partial charge in [0.05, 0.1) is 22.5 Å². The van der Waals surface area contributed by atoms with Gasteiger partial charge >= 0.3 is 0 Å². The number of aromatic nitrogens is 4. The topological polar surface area (TPSA) is 80.7 Å². The summed E-state index contributed by atoms with van der Waals surface area (Å²) in [5.41, 5.74) is 4.35. The van der Waals surface area contributed by atoms with Gasteiger partial charge in [0.1, 0.15) is 0 Å². The Morgan fingerprint density at radius 2 is 1.92 bits per heavy atom. The van der Waals surface area contributed by atoms with Crippen molar-refractivity contribution < 1.29 is 4.79 Å². The van der Waals surface area contributed by atoms with E-state index in [2.05, 4.69) is 32.2 Å². The SMILES string of the molecule is Cc1nc(Nc2ncc3c(n2)CC(C)CC3=O)nc2c(C)cccc12. The molecule has 25 heavy (non-hydrogen) atoms. The molecule has 1 N–H and O–H groups in total. The standard InChI is InChI=1S/C19H19N5O/c1-10-7-15-14(16(25)8-10)9-20-18(22-15)24-19-21-12(3)13-6-4-5-11(2)17(13)23-19/h4-6,9-10H,7-8H2,1-3H3,(H,20,21,22,23,24). The summed E-state index contributed by atoms with van der Waals surface area (Å²) in [7, 11) is 0. The van der Waals surface area contributed by atoms with Crippen molar-refractivity contribution in [1.82, 2.24) is 19.9 Å². The number of carbonyl (C=O) groups excluding carboxylic acids is 1. The van der Waals surface area contributed by atoms with Crippen LogP contribution >= 0.6 is 0 Å². The van der Waals surface area contributed by atoms with Crippen molar-refractivity contribution in [3.63, 3.8) is 0 Å². The fraction of sp³-hybridized carbons (Fsp3) is 0.316. The minimum atomic E-state index is 0.119. The number of rotatable bonds is 2. The summed E-state index contributed by atoms with van der Waals surface area (Å²) in [6.45, 7) is 6.05. The number of para-hydroxylation sites is 1. The number of anilines is 2. The van der Waals surface area contributed by atoms with Crippen LogP contribution in [0.2, 0.25) is 0 Å². The minimum Gasteiger partial charge on any atom is -0.294 e. The monoisotopic (exact) mass is 333 g/mol. The third-order valence-corrected chi connectivity index (χ3v) is 4.59. The molecule has 1 aromatic carbocycles. The molecule has 126 valence electrons. The Balaban J connectivity index is 1.71. The Labute approximate surface area is 145 Å². The predicted molar refractivity (Wildman–Crippen MR) is 96.1 cm³/mol. The molecule has 2 heterocycles. The van der Waals surface area contributed by atoms with E-state index in [1.54, 1.807) is 6.20 Å². The van der Waals surface area contributed by atoms with Crippen LogP contribution in [0.25, 0.3) is 10.9 Å². The maximum Gasteiger partial charge on any atom is 0.230 e. The number of Topliss-reactive ketones (excluding diaryl/α,β-unsaturated/α-hetero) is 1. The summed E-state index contributed by atoms with van der Waals surface area (Å²) in [6, 6.07) is 6.05. The summed E-state index contributed by atoms with van der Waals surface area (Å²) < 4.78 is 0. The van der Waals surface area contributed by atoms with Gasteiger partial charge in [-0.3, -0.25) is 10.1 Å². The normalized spacial score (nSPS) is 16.8. The van der Waals surface area contributed by atoms with E-state index in [1.165, 1.54) is 0 Å². The summed E-state index contributed by atoms with van der Waals surface area (Å²) in [4.78, 5) is 30.0. The highest BCUT2D eigenvalue weighted by Gasteiger charge is 2.24. The summed E-state index contributed by atoms with van der Waals surface area (Å²) >= 11 is 0. The molecule has 1 unspecified atom stereocenters. The first-order valence-corrected chi connectivity index (χ1v) is 8.41. The average Bonchev–Trinajstić information content (AvgIpc) is 2.55. The van der Waals surface area contributed by atoms with Crippen molar-refractivity contribution in [2.45, 2.75) is 33.6 Å². The van der Waals surface area contributed by atoms with Crippen LogP contribution in [0, 0.1) is 19.8 Å². The van der Waals surface area contributed by atoms with Crippen LogP contribution in [0.15, 0.2) is 24.4 Å². The number of nitrogens with one attached hydrogen (secondary N) is 1. The molecular formula is C19H19N5O. The summed E-state index contributed by atoms with van der Waals surface area (Å²) in [6.07, 6.45) is 2.96. The quantitative estimate of drug-likeness (QED) is 0.772. The summed E-state index contributed by atoms with van der Waals surface area (Å²) in [5.74, 6) is 1.32. The smallest absolute Gasteiger partial charge is 0.230 e. The van der Waals surface area contributed by atoms with Crippen molar-refractivity contribution in [2.24, 2.45) is 5.92 Å². The van der Waals surface area contributed by atoms with Gasteiger partial charge in [0.25, 0.3) is 0 Å². The molecule has 0 fully saturated rings. The summed E-state index contributed by atoms with van der Waals surface area (Å²) in [5, 5.41) is 4.13. The molecule has 3 aromatic rings. The third kappa shape index (κ3) is 2.84. The minimum absolute atomic E-state index is 0.119. The third-order valence-electron chi connectivity index (χ3n) is 4.59. The highest BCUT2D eigenvalue weighted by Crippen LogP contribution is 2.25. The maximum atomic E-state index is 12.1. The van der Waals surface area contributed by atoms with Gasteiger partial charge in [0, 0.05) is 18.0 Å². The fourth-order valence-corrected chi connectivity index (χ4v) is 3.30. The van der Waals surface area contributed by atoms with Crippen LogP contribution in [-0.2, 0) is 6.42 Å². The Morgan fingerprint density at radius 1 is 1.08 bits per heavy atom. The van der Waals surface area contributed by atoms with E-state index in [0.717, 1.165) is 34.3 Å². The van der Waals surface area contributed by atoms with Gasteiger partial charge in [-0.05, 0) is 31.7 Å². The van der Waals surface area contributed by atoms with E-state index in [4.69, 9.17) is 0 Å². The molecule has 2 aromatic heterocycles. The number of carbonyl (C=O) groups is 1. The Kier molecular flexibility index (Phi) is 3.67. The van der Waals surface area contributed by atoms with Crippen molar-refractivity contribution in [3.05, 3.63) is 46.9 Å².